The molecule has 2 amide bonds. The van der Waals surface area contributed by atoms with Crippen LogP contribution < -0.4 is 22.1 Å². The van der Waals surface area contributed by atoms with Gasteiger partial charge in [0.05, 0.1) is 18.1 Å². The Labute approximate surface area is 145 Å². The molecule has 0 fully saturated rings. The van der Waals surface area contributed by atoms with Gasteiger partial charge in [0.15, 0.2) is 0 Å². The highest BCUT2D eigenvalue weighted by atomic mass is 16.4. The summed E-state index contributed by atoms with van der Waals surface area (Å²) in [4.78, 5) is 42.0. The molecule has 0 aliphatic rings. The number of unbranched alkanes of at least 4 members (excludes halogenated alkanes) is 1. The summed E-state index contributed by atoms with van der Waals surface area (Å²) in [7, 11) is 0. The quantitative estimate of drug-likeness (QED) is 0.261. The zero-order chi connectivity index (χ0) is 18.8. The molecular weight excluding hydrogens is 328 g/mol. The van der Waals surface area contributed by atoms with Crippen LogP contribution in [0.5, 0.6) is 0 Å². The Morgan fingerprint density at radius 1 is 1.28 bits per heavy atom. The maximum absolute atomic E-state index is 12.1. The third kappa shape index (κ3) is 7.31. The van der Waals surface area contributed by atoms with Crippen molar-refractivity contribution in [2.75, 3.05) is 6.54 Å². The van der Waals surface area contributed by atoms with Gasteiger partial charge in [0.25, 0.3) is 0 Å². The zero-order valence-corrected chi connectivity index (χ0v) is 14.2. The van der Waals surface area contributed by atoms with Crippen LogP contribution in [0, 0.1) is 0 Å². The highest BCUT2D eigenvalue weighted by molar-refractivity contribution is 5.91. The predicted molar refractivity (Wildman–Crippen MR) is 90.3 cm³/mol. The normalized spacial score (nSPS) is 14.4. The molecule has 0 saturated carbocycles. The van der Waals surface area contributed by atoms with E-state index in [4.69, 9.17) is 11.5 Å². The molecule has 1 aromatic heterocycles. The van der Waals surface area contributed by atoms with Crippen molar-refractivity contribution in [3.63, 3.8) is 0 Å². The Hall–Kier alpha value is -2.46. The Morgan fingerprint density at radius 2 is 2.00 bits per heavy atom. The van der Waals surface area contributed by atoms with Gasteiger partial charge in [-0.1, -0.05) is 6.42 Å². The zero-order valence-electron chi connectivity index (χ0n) is 14.2. The number of aromatic nitrogens is 2. The lowest BCUT2D eigenvalue weighted by atomic mass is 10.1. The lowest BCUT2D eigenvalue weighted by Gasteiger charge is -2.20. The van der Waals surface area contributed by atoms with Crippen LogP contribution in [0.25, 0.3) is 0 Å². The van der Waals surface area contributed by atoms with Crippen LogP contribution in [0.3, 0.4) is 0 Å². The molecule has 0 unspecified atom stereocenters. The van der Waals surface area contributed by atoms with Crippen molar-refractivity contribution in [1.29, 1.82) is 0 Å². The van der Waals surface area contributed by atoms with E-state index in [-0.39, 0.29) is 6.42 Å². The molecule has 1 heterocycles. The van der Waals surface area contributed by atoms with Crippen LogP contribution in [0.2, 0.25) is 0 Å². The van der Waals surface area contributed by atoms with E-state index in [0.717, 1.165) is 12.8 Å². The molecule has 8 N–H and O–H groups in total. The number of nitrogens with one attached hydrogen (secondary N) is 3. The number of carboxylic acids is 1. The van der Waals surface area contributed by atoms with Crippen LogP contribution >= 0.6 is 0 Å². The second-order valence-electron chi connectivity index (χ2n) is 5.79. The number of imidazole rings is 1. The number of amides is 2. The maximum Gasteiger partial charge on any atom is 0.326 e. The number of carboxylic acid groups (broad SMARTS) is 1. The number of nitrogens with two attached hydrogens (primary N) is 2. The van der Waals surface area contributed by atoms with Gasteiger partial charge in [-0.3, -0.25) is 9.59 Å². The molecule has 1 rings (SSSR count). The molecule has 0 saturated heterocycles. The lowest BCUT2D eigenvalue weighted by Crippen LogP contribution is -2.53. The molecule has 10 nitrogen and oxygen atoms in total. The fourth-order valence-corrected chi connectivity index (χ4v) is 2.13. The molecule has 0 bridgehead atoms. The second kappa shape index (κ2) is 10.4. The summed E-state index contributed by atoms with van der Waals surface area (Å²) >= 11 is 0. The summed E-state index contributed by atoms with van der Waals surface area (Å²) in [6.07, 6.45) is 4.96. The van der Waals surface area contributed by atoms with Gasteiger partial charge >= 0.3 is 5.97 Å². The van der Waals surface area contributed by atoms with Crippen LogP contribution in [-0.4, -0.2) is 57.5 Å². The highest BCUT2D eigenvalue weighted by Gasteiger charge is 2.25. The van der Waals surface area contributed by atoms with Gasteiger partial charge in [-0.25, -0.2) is 9.78 Å². The van der Waals surface area contributed by atoms with Crippen molar-refractivity contribution < 1.29 is 19.5 Å². The van der Waals surface area contributed by atoms with Crippen molar-refractivity contribution in [1.82, 2.24) is 20.6 Å². The first-order valence-electron chi connectivity index (χ1n) is 8.12. The van der Waals surface area contributed by atoms with E-state index in [1.807, 2.05) is 0 Å². The second-order valence-corrected chi connectivity index (χ2v) is 5.79. The minimum Gasteiger partial charge on any atom is -0.480 e. The smallest absolute Gasteiger partial charge is 0.326 e. The third-order valence-electron chi connectivity index (χ3n) is 3.64. The van der Waals surface area contributed by atoms with E-state index < -0.39 is 35.9 Å². The van der Waals surface area contributed by atoms with E-state index in [0.29, 0.717) is 18.7 Å². The average Bonchev–Trinajstić information content (AvgIpc) is 3.07. The summed E-state index contributed by atoms with van der Waals surface area (Å²) in [5.41, 5.74) is 11.6. The summed E-state index contributed by atoms with van der Waals surface area (Å²) in [5, 5.41) is 14.1. The highest BCUT2D eigenvalue weighted by Crippen LogP contribution is 2.01. The molecule has 0 aromatic carbocycles. The van der Waals surface area contributed by atoms with Crippen LogP contribution in [0.15, 0.2) is 12.5 Å². The number of carbonyl (C=O) groups is 3. The third-order valence-corrected chi connectivity index (χ3v) is 3.64. The SMILES string of the molecule is C[C@H](NC(=O)[C@@H](N)CCCCN)C(=O)N[C@@H](Cc1c[nH]cn1)C(=O)O. The molecule has 0 spiro atoms. The average molecular weight is 354 g/mol. The molecule has 25 heavy (non-hydrogen) atoms. The largest absolute Gasteiger partial charge is 0.480 e. The van der Waals surface area contributed by atoms with Gasteiger partial charge < -0.3 is 32.2 Å². The Kier molecular flexibility index (Phi) is 8.57. The Bertz CT molecular complexity index is 562. The first-order chi connectivity index (χ1) is 11.8. The van der Waals surface area contributed by atoms with Crippen LogP contribution in [0.4, 0.5) is 0 Å². The molecule has 3 atom stereocenters. The molecule has 140 valence electrons. The summed E-state index contributed by atoms with van der Waals surface area (Å²) in [6.45, 7) is 1.99. The number of H-pyrrole nitrogens is 1. The molecular formula is C15H26N6O4. The monoisotopic (exact) mass is 354 g/mol. The molecule has 10 heteroatoms. The minimum absolute atomic E-state index is 0.0316. The topological polar surface area (TPSA) is 176 Å². The van der Waals surface area contributed by atoms with Crippen molar-refractivity contribution in [2.24, 2.45) is 11.5 Å². The molecule has 1 aromatic rings. The van der Waals surface area contributed by atoms with Crippen molar-refractivity contribution >= 4 is 17.8 Å². The number of aromatic amines is 1. The fourth-order valence-electron chi connectivity index (χ4n) is 2.13. The van der Waals surface area contributed by atoms with Gasteiger partial charge in [-0.2, -0.15) is 0 Å². The Balaban J connectivity index is 2.50. The summed E-state index contributed by atoms with van der Waals surface area (Å²) in [6, 6.07) is -2.79. The van der Waals surface area contributed by atoms with E-state index in [1.54, 1.807) is 6.20 Å². The first-order valence-corrected chi connectivity index (χ1v) is 8.12. The minimum atomic E-state index is -1.19. The Morgan fingerprint density at radius 3 is 2.56 bits per heavy atom. The van der Waals surface area contributed by atoms with Crippen LogP contribution in [-0.2, 0) is 20.8 Å². The number of hydrogen-bond acceptors (Lipinski definition) is 6. The van der Waals surface area contributed by atoms with E-state index in [1.165, 1.54) is 13.3 Å². The molecule has 0 radical (unpaired) electrons. The number of aliphatic carboxylic acids is 1. The lowest BCUT2D eigenvalue weighted by molar-refractivity contribution is -0.142. The number of nitrogens with zero attached hydrogens (tertiary/aromatic N) is 1. The van der Waals surface area contributed by atoms with Crippen LogP contribution in [0.1, 0.15) is 31.9 Å². The van der Waals surface area contributed by atoms with Crippen molar-refractivity contribution in [3.05, 3.63) is 18.2 Å². The van der Waals surface area contributed by atoms with Gasteiger partial charge in [-0.05, 0) is 26.3 Å². The van der Waals surface area contributed by atoms with Gasteiger partial charge in [0.1, 0.15) is 12.1 Å². The standard InChI is InChI=1S/C15H26N6O4/c1-9(20-14(23)11(17)4-2-3-5-16)13(22)21-12(15(24)25)6-10-7-18-8-19-10/h7-9,11-12H,2-6,16-17H2,1H3,(H,18,19)(H,20,23)(H,21,22)(H,24,25)/t9-,11-,12-/m0/s1. The fraction of sp³-hybridized carbons (Fsp3) is 0.600. The van der Waals surface area contributed by atoms with E-state index >= 15 is 0 Å². The number of carbonyl (C=O) groups excluding carboxylic acids is 2. The van der Waals surface area contributed by atoms with Gasteiger partial charge in [0.2, 0.25) is 11.8 Å². The molecule has 0 aliphatic heterocycles. The summed E-state index contributed by atoms with van der Waals surface area (Å²) < 4.78 is 0. The van der Waals surface area contributed by atoms with Crippen molar-refractivity contribution in [2.45, 2.75) is 50.7 Å². The first kappa shape index (κ1) is 20.6. The molecule has 0 aliphatic carbocycles. The summed E-state index contributed by atoms with van der Waals surface area (Å²) in [5.74, 6) is -2.25. The van der Waals surface area contributed by atoms with E-state index in [9.17, 15) is 19.5 Å². The van der Waals surface area contributed by atoms with Gasteiger partial charge in [-0.15, -0.1) is 0 Å². The van der Waals surface area contributed by atoms with Crippen molar-refractivity contribution in [3.8, 4) is 0 Å². The number of rotatable bonds is 11. The predicted octanol–water partition coefficient (Wildman–Crippen LogP) is -1.52. The van der Waals surface area contributed by atoms with E-state index in [2.05, 4.69) is 20.6 Å². The maximum atomic E-state index is 12.1. The number of hydrogen-bond donors (Lipinski definition) is 6. The van der Waals surface area contributed by atoms with Gasteiger partial charge in [0, 0.05) is 12.6 Å².